The highest BCUT2D eigenvalue weighted by Crippen LogP contribution is 2.18. The van der Waals surface area contributed by atoms with Crippen molar-refractivity contribution in [1.82, 2.24) is 14.6 Å². The number of pyridine rings is 1. The van der Waals surface area contributed by atoms with Gasteiger partial charge in [-0.2, -0.15) is 4.98 Å². The largest absolute Gasteiger partial charge is 0.342 e. The van der Waals surface area contributed by atoms with E-state index < -0.39 is 0 Å². The van der Waals surface area contributed by atoms with Crippen LogP contribution in [0.15, 0.2) is 18.2 Å². The van der Waals surface area contributed by atoms with Gasteiger partial charge in [0, 0.05) is 19.3 Å². The van der Waals surface area contributed by atoms with Gasteiger partial charge in [0.05, 0.1) is 0 Å². The minimum absolute atomic E-state index is 0.0568. The standard InChI is InChI=1S/C13H21N5/c1-10-6-5-7-11-15-12(16-18(10)11)17(4)9-13(2,3)8-14/h5-7H,8-9,14H2,1-4H3. The Balaban J connectivity index is 2.29. The Morgan fingerprint density at radius 1 is 1.39 bits per heavy atom. The quantitative estimate of drug-likeness (QED) is 0.888. The van der Waals surface area contributed by atoms with Gasteiger partial charge in [-0.25, -0.2) is 4.52 Å². The van der Waals surface area contributed by atoms with Gasteiger partial charge in [0.2, 0.25) is 5.95 Å². The summed E-state index contributed by atoms with van der Waals surface area (Å²) in [7, 11) is 2.00. The number of hydrogen-bond acceptors (Lipinski definition) is 4. The molecular weight excluding hydrogens is 226 g/mol. The molecule has 2 N–H and O–H groups in total. The van der Waals surface area contributed by atoms with Crippen LogP contribution < -0.4 is 10.6 Å². The van der Waals surface area contributed by atoms with Crippen molar-refractivity contribution in [3.8, 4) is 0 Å². The second-order valence-corrected chi connectivity index (χ2v) is 5.57. The molecule has 0 amide bonds. The van der Waals surface area contributed by atoms with Gasteiger partial charge in [-0.1, -0.05) is 19.9 Å². The van der Waals surface area contributed by atoms with Crippen LogP contribution in [0.1, 0.15) is 19.5 Å². The van der Waals surface area contributed by atoms with E-state index in [0.29, 0.717) is 6.54 Å². The van der Waals surface area contributed by atoms with E-state index in [2.05, 4.69) is 28.8 Å². The van der Waals surface area contributed by atoms with Crippen LogP contribution in [-0.2, 0) is 0 Å². The van der Waals surface area contributed by atoms with E-state index in [0.717, 1.165) is 23.8 Å². The maximum Gasteiger partial charge on any atom is 0.245 e. The molecule has 2 heterocycles. The van der Waals surface area contributed by atoms with Crippen molar-refractivity contribution >= 4 is 11.6 Å². The van der Waals surface area contributed by atoms with E-state index in [-0.39, 0.29) is 5.41 Å². The first-order valence-corrected chi connectivity index (χ1v) is 6.16. The van der Waals surface area contributed by atoms with Crippen LogP contribution in [0.3, 0.4) is 0 Å². The number of nitrogens with two attached hydrogens (primary N) is 1. The molecule has 0 fully saturated rings. The lowest BCUT2D eigenvalue weighted by Crippen LogP contribution is -2.37. The molecule has 2 aromatic heterocycles. The third kappa shape index (κ3) is 2.46. The number of rotatable bonds is 4. The number of aromatic nitrogens is 3. The Kier molecular flexibility index (Phi) is 3.26. The predicted octanol–water partition coefficient (Wildman–Crippen LogP) is 1.46. The van der Waals surface area contributed by atoms with Crippen molar-refractivity contribution in [3.05, 3.63) is 23.9 Å². The zero-order valence-electron chi connectivity index (χ0n) is 11.5. The molecule has 0 aliphatic rings. The van der Waals surface area contributed by atoms with Crippen LogP contribution in [-0.4, -0.2) is 34.7 Å². The van der Waals surface area contributed by atoms with Crippen LogP contribution in [0.4, 0.5) is 5.95 Å². The van der Waals surface area contributed by atoms with Crippen LogP contribution in [0.5, 0.6) is 0 Å². The normalized spacial score (nSPS) is 12.1. The van der Waals surface area contributed by atoms with Gasteiger partial charge < -0.3 is 10.6 Å². The molecule has 0 aromatic carbocycles. The number of nitrogens with zero attached hydrogens (tertiary/aromatic N) is 4. The number of fused-ring (bicyclic) bond motifs is 1. The fourth-order valence-corrected chi connectivity index (χ4v) is 1.96. The highest BCUT2D eigenvalue weighted by molar-refractivity contribution is 5.45. The summed E-state index contributed by atoms with van der Waals surface area (Å²) in [6, 6.07) is 5.98. The van der Waals surface area contributed by atoms with E-state index in [1.807, 2.05) is 36.7 Å². The SMILES string of the molecule is Cc1cccc2nc(N(C)CC(C)(C)CN)nn12. The van der Waals surface area contributed by atoms with Crippen molar-refractivity contribution in [2.75, 3.05) is 25.0 Å². The second-order valence-electron chi connectivity index (χ2n) is 5.57. The fourth-order valence-electron chi connectivity index (χ4n) is 1.96. The van der Waals surface area contributed by atoms with E-state index in [1.165, 1.54) is 0 Å². The molecule has 0 radical (unpaired) electrons. The van der Waals surface area contributed by atoms with Gasteiger partial charge in [0.1, 0.15) is 0 Å². The van der Waals surface area contributed by atoms with Crippen molar-refractivity contribution in [2.45, 2.75) is 20.8 Å². The number of aryl methyl sites for hydroxylation is 1. The van der Waals surface area contributed by atoms with Gasteiger partial charge >= 0.3 is 0 Å². The average Bonchev–Trinajstić information content (AvgIpc) is 2.74. The molecule has 0 atom stereocenters. The Bertz CT molecular complexity index is 543. The van der Waals surface area contributed by atoms with Crippen LogP contribution in [0, 0.1) is 12.3 Å². The molecule has 0 spiro atoms. The summed E-state index contributed by atoms with van der Waals surface area (Å²) < 4.78 is 1.86. The van der Waals surface area contributed by atoms with Crippen LogP contribution in [0.2, 0.25) is 0 Å². The summed E-state index contributed by atoms with van der Waals surface area (Å²) in [5.41, 5.74) is 7.77. The lowest BCUT2D eigenvalue weighted by molar-refractivity contribution is 0.383. The van der Waals surface area contributed by atoms with Gasteiger partial charge in [0.15, 0.2) is 5.65 Å². The molecule has 0 saturated heterocycles. The summed E-state index contributed by atoms with van der Waals surface area (Å²) in [5, 5.41) is 4.52. The Morgan fingerprint density at radius 2 is 2.11 bits per heavy atom. The number of hydrogen-bond donors (Lipinski definition) is 1. The minimum Gasteiger partial charge on any atom is -0.342 e. The van der Waals surface area contributed by atoms with Crippen molar-refractivity contribution in [3.63, 3.8) is 0 Å². The second kappa shape index (κ2) is 4.57. The van der Waals surface area contributed by atoms with Crippen LogP contribution in [0.25, 0.3) is 5.65 Å². The summed E-state index contributed by atoms with van der Waals surface area (Å²) in [5.74, 6) is 0.742. The number of anilines is 1. The molecule has 0 bridgehead atoms. The van der Waals surface area contributed by atoms with Crippen LogP contribution >= 0.6 is 0 Å². The molecule has 0 unspecified atom stereocenters. The third-order valence-electron chi connectivity index (χ3n) is 3.10. The molecule has 0 aliphatic carbocycles. The molecule has 5 heteroatoms. The molecule has 5 nitrogen and oxygen atoms in total. The lowest BCUT2D eigenvalue weighted by Gasteiger charge is -2.28. The van der Waals surface area contributed by atoms with E-state index >= 15 is 0 Å². The zero-order valence-corrected chi connectivity index (χ0v) is 11.5. The topological polar surface area (TPSA) is 59.5 Å². The highest BCUT2D eigenvalue weighted by Gasteiger charge is 2.20. The molecule has 2 aromatic rings. The lowest BCUT2D eigenvalue weighted by atomic mass is 9.93. The summed E-state index contributed by atoms with van der Waals surface area (Å²) in [6.07, 6.45) is 0. The molecule has 0 saturated carbocycles. The zero-order chi connectivity index (χ0) is 13.3. The first-order valence-electron chi connectivity index (χ1n) is 6.16. The van der Waals surface area contributed by atoms with Gasteiger partial charge in [-0.05, 0) is 31.0 Å². The first-order chi connectivity index (χ1) is 8.43. The molecule has 18 heavy (non-hydrogen) atoms. The molecule has 2 rings (SSSR count). The highest BCUT2D eigenvalue weighted by atomic mass is 15.4. The molecule has 98 valence electrons. The van der Waals surface area contributed by atoms with Gasteiger partial charge in [-0.3, -0.25) is 0 Å². The summed E-state index contributed by atoms with van der Waals surface area (Å²) >= 11 is 0. The average molecular weight is 247 g/mol. The maximum atomic E-state index is 5.76. The first kappa shape index (κ1) is 12.8. The van der Waals surface area contributed by atoms with Gasteiger partial charge in [0.25, 0.3) is 0 Å². The van der Waals surface area contributed by atoms with E-state index in [9.17, 15) is 0 Å². The van der Waals surface area contributed by atoms with Gasteiger partial charge in [-0.15, -0.1) is 5.10 Å². The Morgan fingerprint density at radius 3 is 2.72 bits per heavy atom. The molecular formula is C13H21N5. The van der Waals surface area contributed by atoms with Crippen molar-refractivity contribution in [1.29, 1.82) is 0 Å². The third-order valence-corrected chi connectivity index (χ3v) is 3.10. The van der Waals surface area contributed by atoms with Crippen molar-refractivity contribution < 1.29 is 0 Å². The van der Waals surface area contributed by atoms with E-state index in [4.69, 9.17) is 5.73 Å². The maximum absolute atomic E-state index is 5.76. The minimum atomic E-state index is 0.0568. The Labute approximate surface area is 108 Å². The fraction of sp³-hybridized carbons (Fsp3) is 0.538. The molecule has 0 aliphatic heterocycles. The predicted molar refractivity (Wildman–Crippen MR) is 73.8 cm³/mol. The van der Waals surface area contributed by atoms with E-state index in [1.54, 1.807) is 0 Å². The Hall–Kier alpha value is -1.62. The van der Waals surface area contributed by atoms with Crippen molar-refractivity contribution in [2.24, 2.45) is 11.1 Å². The summed E-state index contributed by atoms with van der Waals surface area (Å²) in [6.45, 7) is 7.79. The summed E-state index contributed by atoms with van der Waals surface area (Å²) in [4.78, 5) is 6.58. The monoisotopic (exact) mass is 247 g/mol. The smallest absolute Gasteiger partial charge is 0.245 e.